The SMILES string of the molecule is O=[P+](OC1(CCS)COCCO1)OC1(CCS)COCCO1. The molecule has 10 heteroatoms. The fraction of sp³-hybridized carbons (Fsp3) is 1.00. The maximum Gasteiger partial charge on any atom is 0.703 e. The fourth-order valence-electron chi connectivity index (χ4n) is 2.23. The van der Waals surface area contributed by atoms with E-state index in [2.05, 4.69) is 25.3 Å². The molecule has 0 aromatic carbocycles. The van der Waals surface area contributed by atoms with Crippen molar-refractivity contribution in [1.82, 2.24) is 0 Å². The quantitative estimate of drug-likeness (QED) is 0.497. The van der Waals surface area contributed by atoms with Gasteiger partial charge in [0.15, 0.2) is 0 Å². The topological polar surface area (TPSA) is 72.5 Å². The second-order valence-corrected chi connectivity index (χ2v) is 6.68. The minimum absolute atomic E-state index is 0.189. The van der Waals surface area contributed by atoms with E-state index in [0.29, 0.717) is 50.8 Å². The molecule has 0 aromatic rings. The van der Waals surface area contributed by atoms with Crippen LogP contribution in [0.2, 0.25) is 0 Å². The number of rotatable bonds is 8. The zero-order valence-electron chi connectivity index (χ0n) is 12.3. The van der Waals surface area contributed by atoms with Gasteiger partial charge in [-0.05, 0) is 11.5 Å². The Labute approximate surface area is 142 Å². The second kappa shape index (κ2) is 9.15. The molecule has 0 radical (unpaired) electrons. The van der Waals surface area contributed by atoms with E-state index in [9.17, 15) is 4.57 Å². The zero-order chi connectivity index (χ0) is 15.9. The highest BCUT2D eigenvalue weighted by Gasteiger charge is 2.50. The van der Waals surface area contributed by atoms with Crippen LogP contribution in [-0.2, 0) is 32.6 Å². The molecule has 2 fully saturated rings. The van der Waals surface area contributed by atoms with Crippen molar-refractivity contribution in [3.05, 3.63) is 0 Å². The second-order valence-electron chi connectivity index (χ2n) is 4.98. The molecule has 22 heavy (non-hydrogen) atoms. The van der Waals surface area contributed by atoms with E-state index in [1.54, 1.807) is 0 Å². The minimum Gasteiger partial charge on any atom is -0.373 e. The highest BCUT2D eigenvalue weighted by Crippen LogP contribution is 2.41. The van der Waals surface area contributed by atoms with E-state index in [1.165, 1.54) is 0 Å². The number of hydrogen-bond acceptors (Lipinski definition) is 9. The molecule has 0 spiro atoms. The van der Waals surface area contributed by atoms with Gasteiger partial charge in [-0.3, -0.25) is 0 Å². The summed E-state index contributed by atoms with van der Waals surface area (Å²) < 4.78 is 45.3. The average Bonchev–Trinajstić information content (AvgIpc) is 2.49. The van der Waals surface area contributed by atoms with E-state index >= 15 is 0 Å². The third kappa shape index (κ3) is 5.29. The largest absolute Gasteiger partial charge is 0.703 e. The Kier molecular flexibility index (Phi) is 7.86. The van der Waals surface area contributed by atoms with E-state index in [4.69, 9.17) is 28.0 Å². The lowest BCUT2D eigenvalue weighted by Gasteiger charge is -2.33. The predicted octanol–water partition coefficient (Wildman–Crippen LogP) is 1.80. The van der Waals surface area contributed by atoms with Crippen LogP contribution in [-0.4, -0.2) is 62.7 Å². The molecule has 2 rings (SSSR count). The van der Waals surface area contributed by atoms with Crippen molar-refractivity contribution in [2.24, 2.45) is 0 Å². The van der Waals surface area contributed by atoms with E-state index in [1.807, 2.05) is 0 Å². The van der Waals surface area contributed by atoms with Crippen molar-refractivity contribution in [3.8, 4) is 0 Å². The zero-order valence-corrected chi connectivity index (χ0v) is 15.0. The molecule has 2 heterocycles. The molecule has 7 nitrogen and oxygen atoms in total. The van der Waals surface area contributed by atoms with Crippen LogP contribution in [0.15, 0.2) is 0 Å². The molecule has 0 aliphatic carbocycles. The Morgan fingerprint density at radius 1 is 0.864 bits per heavy atom. The number of hydrogen-bond donors (Lipinski definition) is 2. The molecular weight excluding hydrogens is 351 g/mol. The lowest BCUT2D eigenvalue weighted by Crippen LogP contribution is -2.47. The van der Waals surface area contributed by atoms with Crippen LogP contribution >= 0.6 is 33.5 Å². The Balaban J connectivity index is 1.96. The maximum absolute atomic E-state index is 12.3. The van der Waals surface area contributed by atoms with Crippen molar-refractivity contribution in [1.29, 1.82) is 0 Å². The van der Waals surface area contributed by atoms with Gasteiger partial charge in [-0.15, -0.1) is 0 Å². The van der Waals surface area contributed by atoms with Crippen LogP contribution in [0.3, 0.4) is 0 Å². The average molecular weight is 373 g/mol. The summed E-state index contributed by atoms with van der Waals surface area (Å²) in [7, 11) is -2.47. The normalized spacial score (nSPS) is 33.6. The van der Waals surface area contributed by atoms with Crippen LogP contribution in [0.1, 0.15) is 12.8 Å². The van der Waals surface area contributed by atoms with Crippen LogP contribution in [0.4, 0.5) is 0 Å². The first kappa shape index (κ1) is 18.9. The molecule has 0 bridgehead atoms. The Hall–Kier alpha value is 0.560. The minimum atomic E-state index is -2.47. The molecule has 0 aromatic heterocycles. The van der Waals surface area contributed by atoms with Gasteiger partial charge in [0.05, 0.1) is 26.4 Å². The molecule has 2 atom stereocenters. The summed E-state index contributed by atoms with van der Waals surface area (Å²) in [6.45, 7) is 2.09. The van der Waals surface area contributed by atoms with Gasteiger partial charge in [-0.25, -0.2) is 0 Å². The Morgan fingerprint density at radius 3 is 1.64 bits per heavy atom. The molecule has 0 amide bonds. The van der Waals surface area contributed by atoms with E-state index in [-0.39, 0.29) is 13.2 Å². The van der Waals surface area contributed by atoms with Gasteiger partial charge in [0.2, 0.25) is 11.6 Å². The molecule has 2 aliphatic rings. The summed E-state index contributed by atoms with van der Waals surface area (Å²) in [5.41, 5.74) is 0. The summed E-state index contributed by atoms with van der Waals surface area (Å²) in [5.74, 6) is -1.17. The molecular formula is C12H22O7PS2+. The van der Waals surface area contributed by atoms with Crippen LogP contribution in [0, 0.1) is 0 Å². The van der Waals surface area contributed by atoms with Crippen molar-refractivity contribution in [2.75, 3.05) is 51.1 Å². The van der Waals surface area contributed by atoms with Crippen LogP contribution < -0.4 is 0 Å². The van der Waals surface area contributed by atoms with Gasteiger partial charge in [-0.2, -0.15) is 25.3 Å². The number of thiol groups is 2. The summed E-state index contributed by atoms with van der Waals surface area (Å²) in [4.78, 5) is 0. The third-order valence-corrected chi connectivity index (χ3v) is 4.71. The van der Waals surface area contributed by atoms with Crippen LogP contribution in [0.25, 0.3) is 0 Å². The first-order chi connectivity index (χ1) is 10.6. The standard InChI is InChI=1S/C12H21O7PS2/c13-20(18-11(1-7-21)9-14-3-5-16-11)19-12(2-8-22)10-15-4-6-17-12/h1-10H2,(H-,21,22)/p+1. The summed E-state index contributed by atoms with van der Waals surface area (Å²) >= 11 is 8.36. The van der Waals surface area contributed by atoms with Crippen molar-refractivity contribution in [3.63, 3.8) is 0 Å². The molecule has 0 N–H and O–H groups in total. The summed E-state index contributed by atoms with van der Waals surface area (Å²) in [6.07, 6.45) is 0.884. The molecule has 0 saturated carbocycles. The van der Waals surface area contributed by atoms with E-state index < -0.39 is 19.8 Å². The van der Waals surface area contributed by atoms with Gasteiger partial charge in [-0.1, -0.05) is 9.05 Å². The van der Waals surface area contributed by atoms with Gasteiger partial charge in [0.1, 0.15) is 13.2 Å². The highest BCUT2D eigenvalue weighted by molar-refractivity contribution is 7.80. The first-order valence-electron chi connectivity index (χ1n) is 7.14. The van der Waals surface area contributed by atoms with Gasteiger partial charge in [0, 0.05) is 17.4 Å². The predicted molar refractivity (Wildman–Crippen MR) is 85.7 cm³/mol. The van der Waals surface area contributed by atoms with Crippen molar-refractivity contribution >= 4 is 33.5 Å². The first-order valence-corrected chi connectivity index (χ1v) is 9.50. The van der Waals surface area contributed by atoms with Gasteiger partial charge >= 0.3 is 8.25 Å². The summed E-state index contributed by atoms with van der Waals surface area (Å²) in [6, 6.07) is 0. The molecule has 2 unspecified atom stereocenters. The maximum atomic E-state index is 12.3. The lowest BCUT2D eigenvalue weighted by molar-refractivity contribution is -0.275. The lowest BCUT2D eigenvalue weighted by atomic mass is 10.2. The van der Waals surface area contributed by atoms with Crippen LogP contribution in [0.5, 0.6) is 0 Å². The smallest absolute Gasteiger partial charge is 0.373 e. The Bertz CT molecular complexity index is 316. The fourth-order valence-corrected chi connectivity index (χ4v) is 3.88. The van der Waals surface area contributed by atoms with Gasteiger partial charge in [0.25, 0.3) is 0 Å². The molecule has 128 valence electrons. The van der Waals surface area contributed by atoms with Crippen molar-refractivity contribution in [2.45, 2.75) is 24.4 Å². The summed E-state index contributed by atoms with van der Waals surface area (Å²) in [5, 5.41) is 0. The number of ether oxygens (including phenoxy) is 4. The molecule has 2 aliphatic heterocycles. The third-order valence-electron chi connectivity index (χ3n) is 3.30. The monoisotopic (exact) mass is 373 g/mol. The van der Waals surface area contributed by atoms with E-state index in [0.717, 1.165) is 0 Å². The highest BCUT2D eigenvalue weighted by atomic mass is 32.1. The van der Waals surface area contributed by atoms with Crippen molar-refractivity contribution < 1.29 is 32.6 Å². The Morgan fingerprint density at radius 2 is 1.32 bits per heavy atom. The van der Waals surface area contributed by atoms with Gasteiger partial charge < -0.3 is 18.9 Å². The molecule has 2 saturated heterocycles.